The van der Waals surface area contributed by atoms with E-state index < -0.39 is 0 Å². The molecule has 0 aliphatic heterocycles. The average Bonchev–Trinajstić information content (AvgIpc) is 2.05. The normalized spacial score (nSPS) is 22.2. The first-order valence-electron chi connectivity index (χ1n) is 4.79. The third-order valence-corrected chi connectivity index (χ3v) is 2.87. The fraction of sp³-hybridized carbons (Fsp3) is 0.900. The van der Waals surface area contributed by atoms with Gasteiger partial charge in [-0.25, -0.2) is 0 Å². The number of hydrogen-bond donors (Lipinski definition) is 1. The zero-order valence-electron chi connectivity index (χ0n) is 7.81. The predicted octanol–water partition coefficient (Wildman–Crippen LogP) is 1.91. The highest BCUT2D eigenvalue weighted by atomic mass is 16.3. The molecule has 0 unspecified atom stereocenters. The fourth-order valence-corrected chi connectivity index (χ4v) is 2.22. The topological polar surface area (TPSA) is 37.3 Å². The maximum atomic E-state index is 11.0. The number of hydrogen-bond acceptors (Lipinski definition) is 2. The molecule has 1 aliphatic carbocycles. The van der Waals surface area contributed by atoms with Gasteiger partial charge in [0.2, 0.25) is 0 Å². The minimum Gasteiger partial charge on any atom is -0.396 e. The van der Waals surface area contributed by atoms with Crippen molar-refractivity contribution in [3.05, 3.63) is 0 Å². The van der Waals surface area contributed by atoms with E-state index in [0.29, 0.717) is 6.42 Å². The zero-order valence-corrected chi connectivity index (χ0v) is 7.81. The third-order valence-electron chi connectivity index (χ3n) is 2.87. The first-order chi connectivity index (χ1) is 5.68. The quantitative estimate of drug-likeness (QED) is 0.702. The molecule has 0 radical (unpaired) electrons. The van der Waals surface area contributed by atoms with Gasteiger partial charge in [-0.3, -0.25) is 0 Å². The number of aliphatic hydroxyl groups excluding tert-OH is 1. The Labute approximate surface area is 74.0 Å². The number of Topliss-reactive ketones (excluding diaryl/α,β-unsaturated/α-hetero) is 1. The summed E-state index contributed by atoms with van der Waals surface area (Å²) in [7, 11) is 0. The Morgan fingerprint density at radius 2 is 1.92 bits per heavy atom. The molecule has 2 nitrogen and oxygen atoms in total. The van der Waals surface area contributed by atoms with Crippen LogP contribution in [0.5, 0.6) is 0 Å². The number of ketones is 1. The summed E-state index contributed by atoms with van der Waals surface area (Å²) in [6, 6.07) is 0. The fourth-order valence-electron chi connectivity index (χ4n) is 2.22. The van der Waals surface area contributed by atoms with E-state index in [2.05, 4.69) is 0 Å². The maximum absolute atomic E-state index is 11.0. The molecule has 2 heteroatoms. The molecular weight excluding hydrogens is 152 g/mol. The number of carbonyl (C=O) groups is 1. The van der Waals surface area contributed by atoms with Crippen LogP contribution < -0.4 is 0 Å². The Hall–Kier alpha value is -0.370. The van der Waals surface area contributed by atoms with Crippen molar-refractivity contribution in [1.29, 1.82) is 0 Å². The van der Waals surface area contributed by atoms with E-state index in [1.165, 1.54) is 19.3 Å². The van der Waals surface area contributed by atoms with E-state index in [-0.39, 0.29) is 17.8 Å². The Morgan fingerprint density at radius 1 is 1.33 bits per heavy atom. The Balaban J connectivity index is 2.53. The molecule has 0 heterocycles. The van der Waals surface area contributed by atoms with Crippen molar-refractivity contribution in [3.8, 4) is 0 Å². The van der Waals surface area contributed by atoms with Gasteiger partial charge in [-0.1, -0.05) is 19.3 Å². The highest BCUT2D eigenvalue weighted by Crippen LogP contribution is 2.38. The molecule has 0 amide bonds. The molecule has 1 rings (SSSR count). The van der Waals surface area contributed by atoms with Gasteiger partial charge in [0.15, 0.2) is 0 Å². The Morgan fingerprint density at radius 3 is 2.33 bits per heavy atom. The van der Waals surface area contributed by atoms with E-state index in [1.54, 1.807) is 6.92 Å². The lowest BCUT2D eigenvalue weighted by molar-refractivity contribution is -0.120. The summed E-state index contributed by atoms with van der Waals surface area (Å²) in [5.41, 5.74) is -0.0515. The SMILES string of the molecule is CC(=O)CC1(CO)CCCCC1. The maximum Gasteiger partial charge on any atom is 0.130 e. The second-order valence-corrected chi connectivity index (χ2v) is 4.10. The largest absolute Gasteiger partial charge is 0.396 e. The van der Waals surface area contributed by atoms with Crippen LogP contribution in [0.3, 0.4) is 0 Å². The van der Waals surface area contributed by atoms with Gasteiger partial charge in [-0.15, -0.1) is 0 Å². The van der Waals surface area contributed by atoms with Gasteiger partial charge in [0.25, 0.3) is 0 Å². The van der Waals surface area contributed by atoms with Crippen LogP contribution in [0.25, 0.3) is 0 Å². The summed E-state index contributed by atoms with van der Waals surface area (Å²) in [6.45, 7) is 1.80. The highest BCUT2D eigenvalue weighted by molar-refractivity contribution is 5.76. The van der Waals surface area contributed by atoms with Gasteiger partial charge in [-0.2, -0.15) is 0 Å². The van der Waals surface area contributed by atoms with Crippen LogP contribution in [0.2, 0.25) is 0 Å². The van der Waals surface area contributed by atoms with Crippen LogP contribution in [0.1, 0.15) is 45.4 Å². The van der Waals surface area contributed by atoms with Gasteiger partial charge in [0.05, 0.1) is 0 Å². The molecular formula is C10H18O2. The summed E-state index contributed by atoms with van der Waals surface area (Å²) >= 11 is 0. The zero-order chi connectivity index (χ0) is 9.03. The molecule has 0 aromatic heterocycles. The van der Waals surface area contributed by atoms with E-state index in [9.17, 15) is 9.90 Å². The first kappa shape index (κ1) is 9.72. The standard InChI is InChI=1S/C10H18O2/c1-9(12)7-10(8-11)5-3-2-4-6-10/h11H,2-8H2,1H3. The molecule has 1 N–H and O–H groups in total. The number of carbonyl (C=O) groups excluding carboxylic acids is 1. The van der Waals surface area contributed by atoms with Crippen molar-refractivity contribution < 1.29 is 9.90 Å². The molecule has 70 valence electrons. The number of rotatable bonds is 3. The summed E-state index contributed by atoms with van der Waals surface area (Å²) in [5, 5.41) is 9.24. The summed E-state index contributed by atoms with van der Waals surface area (Å²) in [4.78, 5) is 11.0. The van der Waals surface area contributed by atoms with E-state index in [4.69, 9.17) is 0 Å². The van der Waals surface area contributed by atoms with Gasteiger partial charge in [0, 0.05) is 18.4 Å². The van der Waals surface area contributed by atoms with Gasteiger partial charge < -0.3 is 9.90 Å². The summed E-state index contributed by atoms with van der Waals surface area (Å²) < 4.78 is 0. The van der Waals surface area contributed by atoms with Gasteiger partial charge in [0.1, 0.15) is 5.78 Å². The average molecular weight is 170 g/mol. The molecule has 0 aromatic rings. The molecule has 0 spiro atoms. The van der Waals surface area contributed by atoms with Gasteiger partial charge >= 0.3 is 0 Å². The molecule has 0 aromatic carbocycles. The minimum absolute atomic E-state index is 0.0515. The highest BCUT2D eigenvalue weighted by Gasteiger charge is 2.32. The van der Waals surface area contributed by atoms with Crippen molar-refractivity contribution >= 4 is 5.78 Å². The smallest absolute Gasteiger partial charge is 0.130 e. The van der Waals surface area contributed by atoms with Crippen molar-refractivity contribution in [2.24, 2.45) is 5.41 Å². The molecule has 0 saturated heterocycles. The number of aliphatic hydroxyl groups is 1. The van der Waals surface area contributed by atoms with Crippen LogP contribution in [0.4, 0.5) is 0 Å². The van der Waals surface area contributed by atoms with Crippen LogP contribution in [-0.2, 0) is 4.79 Å². The Bertz CT molecular complexity index is 157. The lowest BCUT2D eigenvalue weighted by Gasteiger charge is -2.34. The second kappa shape index (κ2) is 4.04. The van der Waals surface area contributed by atoms with Gasteiger partial charge in [-0.05, 0) is 19.8 Å². The van der Waals surface area contributed by atoms with Crippen LogP contribution in [-0.4, -0.2) is 17.5 Å². The molecule has 0 bridgehead atoms. The summed E-state index contributed by atoms with van der Waals surface area (Å²) in [5.74, 6) is 0.214. The van der Waals surface area contributed by atoms with Crippen LogP contribution in [0.15, 0.2) is 0 Å². The first-order valence-corrected chi connectivity index (χ1v) is 4.79. The molecule has 12 heavy (non-hydrogen) atoms. The lowest BCUT2D eigenvalue weighted by atomic mass is 9.72. The summed E-state index contributed by atoms with van der Waals surface area (Å²) in [6.07, 6.45) is 6.25. The van der Waals surface area contributed by atoms with E-state index >= 15 is 0 Å². The molecule has 1 aliphatic rings. The lowest BCUT2D eigenvalue weighted by Crippen LogP contribution is -2.30. The molecule has 1 saturated carbocycles. The predicted molar refractivity (Wildman–Crippen MR) is 47.9 cm³/mol. The van der Waals surface area contributed by atoms with Crippen molar-refractivity contribution in [3.63, 3.8) is 0 Å². The van der Waals surface area contributed by atoms with Crippen molar-refractivity contribution in [2.45, 2.75) is 45.4 Å². The molecule has 1 fully saturated rings. The van der Waals surface area contributed by atoms with E-state index in [0.717, 1.165) is 12.8 Å². The minimum atomic E-state index is -0.0515. The third kappa shape index (κ3) is 2.31. The monoisotopic (exact) mass is 170 g/mol. The Kier molecular flexibility index (Phi) is 3.27. The van der Waals surface area contributed by atoms with Crippen LogP contribution in [0, 0.1) is 5.41 Å². The van der Waals surface area contributed by atoms with Crippen molar-refractivity contribution in [1.82, 2.24) is 0 Å². The van der Waals surface area contributed by atoms with Crippen molar-refractivity contribution in [2.75, 3.05) is 6.61 Å². The van der Waals surface area contributed by atoms with E-state index in [1.807, 2.05) is 0 Å². The van der Waals surface area contributed by atoms with Crippen LogP contribution >= 0.6 is 0 Å². The molecule has 0 atom stereocenters. The second-order valence-electron chi connectivity index (χ2n) is 4.10.